The summed E-state index contributed by atoms with van der Waals surface area (Å²) in [7, 11) is 0. The molecule has 0 saturated heterocycles. The molecule has 23 heavy (non-hydrogen) atoms. The molecule has 0 aliphatic carbocycles. The number of hydrogen-bond acceptors (Lipinski definition) is 3. The fourth-order valence-electron chi connectivity index (χ4n) is 2.36. The van der Waals surface area contributed by atoms with E-state index in [9.17, 15) is 4.79 Å². The van der Waals surface area contributed by atoms with Crippen LogP contribution in [0.4, 0.5) is 0 Å². The molecule has 4 heteroatoms. The van der Waals surface area contributed by atoms with Gasteiger partial charge in [0.25, 0.3) is 0 Å². The molecule has 0 aliphatic rings. The number of rotatable bonds is 4. The number of carbonyl (C=O) groups is 1. The number of hydrogen-bond donors (Lipinski definition) is 0. The number of ether oxygens (including phenoxy) is 1. The highest BCUT2D eigenvalue weighted by molar-refractivity contribution is 5.92. The van der Waals surface area contributed by atoms with Crippen molar-refractivity contribution in [2.24, 2.45) is 0 Å². The molecule has 1 heterocycles. The summed E-state index contributed by atoms with van der Waals surface area (Å²) in [5, 5.41) is 4.51. The van der Waals surface area contributed by atoms with Gasteiger partial charge in [0.1, 0.15) is 0 Å². The number of para-hydroxylation sites is 1. The van der Waals surface area contributed by atoms with Crippen molar-refractivity contribution in [3.8, 4) is 11.6 Å². The summed E-state index contributed by atoms with van der Waals surface area (Å²) in [6.07, 6.45) is 0.773. The van der Waals surface area contributed by atoms with Gasteiger partial charge in [-0.05, 0) is 37.1 Å². The van der Waals surface area contributed by atoms with Gasteiger partial charge in [-0.15, -0.1) is 0 Å². The lowest BCUT2D eigenvalue weighted by Gasteiger charge is -2.09. The summed E-state index contributed by atoms with van der Waals surface area (Å²) in [5.74, 6) is 0.0594. The van der Waals surface area contributed by atoms with E-state index in [0.717, 1.165) is 23.4 Å². The van der Waals surface area contributed by atoms with Crippen molar-refractivity contribution in [2.45, 2.75) is 20.3 Å². The first-order valence-electron chi connectivity index (χ1n) is 7.61. The molecule has 0 unspecified atom stereocenters. The molecule has 0 fully saturated rings. The molecule has 0 saturated carbocycles. The van der Waals surface area contributed by atoms with Crippen molar-refractivity contribution in [2.75, 3.05) is 0 Å². The minimum absolute atomic E-state index is 0.372. The minimum Gasteiger partial charge on any atom is -0.404 e. The lowest BCUT2D eigenvalue weighted by atomic mass is 10.1. The van der Waals surface area contributed by atoms with Gasteiger partial charge >= 0.3 is 5.97 Å². The van der Waals surface area contributed by atoms with Crippen LogP contribution in [0, 0.1) is 6.92 Å². The lowest BCUT2D eigenvalue weighted by molar-refractivity contribution is 0.0722. The first-order chi connectivity index (χ1) is 11.2. The Kier molecular flexibility index (Phi) is 4.24. The largest absolute Gasteiger partial charge is 0.404 e. The van der Waals surface area contributed by atoms with Crippen molar-refractivity contribution in [3.05, 3.63) is 77.5 Å². The van der Waals surface area contributed by atoms with Crippen LogP contribution in [-0.2, 0) is 6.42 Å². The highest BCUT2D eigenvalue weighted by Crippen LogP contribution is 2.21. The molecule has 3 rings (SSSR count). The molecule has 2 aromatic carbocycles. The Morgan fingerprint density at radius 1 is 1.09 bits per heavy atom. The van der Waals surface area contributed by atoms with E-state index >= 15 is 0 Å². The first kappa shape index (κ1) is 15.0. The molecule has 0 N–H and O–H groups in total. The van der Waals surface area contributed by atoms with Gasteiger partial charge < -0.3 is 4.74 Å². The van der Waals surface area contributed by atoms with Gasteiger partial charge in [0.05, 0.1) is 16.9 Å². The first-order valence-corrected chi connectivity index (χ1v) is 7.61. The third-order valence-corrected chi connectivity index (χ3v) is 3.65. The Bertz CT molecular complexity index is 822. The van der Waals surface area contributed by atoms with Gasteiger partial charge in [0, 0.05) is 6.07 Å². The van der Waals surface area contributed by atoms with E-state index in [0.29, 0.717) is 11.4 Å². The van der Waals surface area contributed by atoms with Crippen LogP contribution in [-0.4, -0.2) is 15.7 Å². The van der Waals surface area contributed by atoms with E-state index in [4.69, 9.17) is 4.74 Å². The molecule has 0 aliphatic heterocycles. The number of aryl methyl sites for hydroxylation is 2. The standard InChI is InChI=1S/C19H18N2O2/c1-3-15-13-18(21(20-15)16-10-5-4-6-11-16)23-19(22)17-12-8-7-9-14(17)2/h4-13H,3H2,1-2H3. The molecular formula is C19H18N2O2. The zero-order chi connectivity index (χ0) is 16.2. The Balaban J connectivity index is 1.95. The topological polar surface area (TPSA) is 44.1 Å². The zero-order valence-corrected chi connectivity index (χ0v) is 13.2. The van der Waals surface area contributed by atoms with Crippen molar-refractivity contribution in [1.29, 1.82) is 0 Å². The van der Waals surface area contributed by atoms with Crippen molar-refractivity contribution in [3.63, 3.8) is 0 Å². The van der Waals surface area contributed by atoms with Crippen LogP contribution in [0.5, 0.6) is 5.88 Å². The molecule has 1 aromatic heterocycles. The van der Waals surface area contributed by atoms with E-state index in [1.807, 2.05) is 68.4 Å². The lowest BCUT2D eigenvalue weighted by Crippen LogP contribution is -2.13. The molecule has 0 spiro atoms. The van der Waals surface area contributed by atoms with E-state index in [2.05, 4.69) is 5.10 Å². The molecule has 4 nitrogen and oxygen atoms in total. The number of aromatic nitrogens is 2. The van der Waals surface area contributed by atoms with Gasteiger partial charge in [-0.2, -0.15) is 5.10 Å². The smallest absolute Gasteiger partial charge is 0.345 e. The van der Waals surface area contributed by atoms with Gasteiger partial charge in [0.2, 0.25) is 5.88 Å². The summed E-state index contributed by atoms with van der Waals surface area (Å²) in [4.78, 5) is 12.5. The Hall–Kier alpha value is -2.88. The fraction of sp³-hybridized carbons (Fsp3) is 0.158. The SMILES string of the molecule is CCc1cc(OC(=O)c2ccccc2C)n(-c2ccccc2)n1. The number of nitrogens with zero attached hydrogens (tertiary/aromatic N) is 2. The maximum Gasteiger partial charge on any atom is 0.345 e. The average molecular weight is 306 g/mol. The normalized spacial score (nSPS) is 10.5. The molecule has 116 valence electrons. The van der Waals surface area contributed by atoms with Gasteiger partial charge in [-0.3, -0.25) is 0 Å². The predicted molar refractivity (Wildman–Crippen MR) is 89.1 cm³/mol. The predicted octanol–water partition coefficient (Wildman–Crippen LogP) is 3.96. The molecule has 0 atom stereocenters. The maximum absolute atomic E-state index is 12.5. The van der Waals surface area contributed by atoms with Crippen molar-refractivity contribution in [1.82, 2.24) is 9.78 Å². The van der Waals surface area contributed by atoms with Crippen molar-refractivity contribution >= 4 is 5.97 Å². The second kappa shape index (κ2) is 6.48. The van der Waals surface area contributed by atoms with Crippen LogP contribution in [0.2, 0.25) is 0 Å². The zero-order valence-electron chi connectivity index (χ0n) is 13.2. The maximum atomic E-state index is 12.5. The second-order valence-corrected chi connectivity index (χ2v) is 5.28. The van der Waals surface area contributed by atoms with E-state index in [1.165, 1.54) is 0 Å². The quantitative estimate of drug-likeness (QED) is 0.685. The highest BCUT2D eigenvalue weighted by atomic mass is 16.5. The third-order valence-electron chi connectivity index (χ3n) is 3.65. The van der Waals surface area contributed by atoms with Crippen LogP contribution in [0.1, 0.15) is 28.5 Å². The summed E-state index contributed by atoms with van der Waals surface area (Å²) in [6.45, 7) is 3.91. The average Bonchev–Trinajstić information content (AvgIpc) is 2.99. The third kappa shape index (κ3) is 3.16. The van der Waals surface area contributed by atoms with Crippen LogP contribution in [0.15, 0.2) is 60.7 Å². The Labute approximate surface area is 135 Å². The van der Waals surface area contributed by atoms with E-state index < -0.39 is 0 Å². The fourth-order valence-corrected chi connectivity index (χ4v) is 2.36. The van der Waals surface area contributed by atoms with E-state index in [1.54, 1.807) is 10.7 Å². The molecular weight excluding hydrogens is 288 g/mol. The van der Waals surface area contributed by atoms with Gasteiger partial charge in [0.15, 0.2) is 0 Å². The highest BCUT2D eigenvalue weighted by Gasteiger charge is 2.16. The number of benzene rings is 2. The van der Waals surface area contributed by atoms with Gasteiger partial charge in [-0.25, -0.2) is 9.48 Å². The van der Waals surface area contributed by atoms with Gasteiger partial charge in [-0.1, -0.05) is 43.3 Å². The molecule has 0 amide bonds. The van der Waals surface area contributed by atoms with Crippen LogP contribution in [0.25, 0.3) is 5.69 Å². The minimum atomic E-state index is -0.372. The number of esters is 1. The van der Waals surface area contributed by atoms with E-state index in [-0.39, 0.29) is 5.97 Å². The van der Waals surface area contributed by atoms with Crippen LogP contribution in [0.3, 0.4) is 0 Å². The monoisotopic (exact) mass is 306 g/mol. The van der Waals surface area contributed by atoms with Crippen LogP contribution >= 0.6 is 0 Å². The summed E-state index contributed by atoms with van der Waals surface area (Å²) >= 11 is 0. The summed E-state index contributed by atoms with van der Waals surface area (Å²) in [6, 6.07) is 18.8. The number of carbonyl (C=O) groups excluding carboxylic acids is 1. The molecule has 0 bridgehead atoms. The Morgan fingerprint density at radius 3 is 2.48 bits per heavy atom. The summed E-state index contributed by atoms with van der Waals surface area (Å²) < 4.78 is 7.27. The van der Waals surface area contributed by atoms with Crippen molar-refractivity contribution < 1.29 is 9.53 Å². The van der Waals surface area contributed by atoms with Crippen LogP contribution < -0.4 is 4.74 Å². The Morgan fingerprint density at radius 2 is 1.78 bits per heavy atom. The summed E-state index contributed by atoms with van der Waals surface area (Å²) in [5.41, 5.74) is 3.19. The molecule has 0 radical (unpaired) electrons. The molecule has 3 aromatic rings. The second-order valence-electron chi connectivity index (χ2n) is 5.28.